The summed E-state index contributed by atoms with van der Waals surface area (Å²) in [6.45, 7) is 0.450. The van der Waals surface area contributed by atoms with E-state index >= 15 is 0 Å². The van der Waals surface area contributed by atoms with Gasteiger partial charge in [0.2, 0.25) is 5.91 Å². The summed E-state index contributed by atoms with van der Waals surface area (Å²) < 4.78 is 0. The maximum atomic E-state index is 12.1. The van der Waals surface area contributed by atoms with Crippen LogP contribution in [-0.4, -0.2) is 41.3 Å². The Balaban J connectivity index is 2.05. The number of piperidine rings is 1. The van der Waals surface area contributed by atoms with Crippen molar-refractivity contribution in [3.05, 3.63) is 38.9 Å². The van der Waals surface area contributed by atoms with Crippen molar-refractivity contribution in [3.8, 4) is 0 Å². The number of hydrogen-bond acceptors (Lipinski definition) is 4. The molecule has 0 spiro atoms. The van der Waals surface area contributed by atoms with Gasteiger partial charge in [-0.2, -0.15) is 0 Å². The molecule has 8 heteroatoms. The van der Waals surface area contributed by atoms with E-state index in [2.05, 4.69) is 5.32 Å². The van der Waals surface area contributed by atoms with Crippen molar-refractivity contribution in [2.24, 2.45) is 0 Å². The normalized spacial score (nSPS) is 18.5. The Morgan fingerprint density at radius 3 is 2.81 bits per heavy atom. The third kappa shape index (κ3) is 3.49. The van der Waals surface area contributed by atoms with Gasteiger partial charge in [0.05, 0.1) is 4.92 Å². The minimum Gasteiger partial charge on any atom is -0.348 e. The van der Waals surface area contributed by atoms with Gasteiger partial charge in [0.15, 0.2) is 0 Å². The SMILES string of the molecule is CN1CC(NC(=O)c2ccc([N+](=O)[O-])c(Cl)c2)CCC1=O. The lowest BCUT2D eigenvalue weighted by Crippen LogP contribution is -2.48. The van der Waals surface area contributed by atoms with Gasteiger partial charge >= 0.3 is 0 Å². The van der Waals surface area contributed by atoms with Crippen LogP contribution >= 0.6 is 11.6 Å². The molecule has 0 bridgehead atoms. The number of halogens is 1. The number of nitro benzene ring substituents is 1. The molecule has 1 aliphatic heterocycles. The van der Waals surface area contributed by atoms with E-state index in [1.165, 1.54) is 18.2 Å². The van der Waals surface area contributed by atoms with Gasteiger partial charge in [-0.1, -0.05) is 11.6 Å². The number of carbonyl (C=O) groups excluding carboxylic acids is 2. The molecule has 7 nitrogen and oxygen atoms in total. The van der Waals surface area contributed by atoms with E-state index < -0.39 is 4.92 Å². The summed E-state index contributed by atoms with van der Waals surface area (Å²) in [7, 11) is 1.68. The minimum absolute atomic E-state index is 0.0545. The predicted octanol–water partition coefficient (Wildman–Crippen LogP) is 1.60. The lowest BCUT2D eigenvalue weighted by molar-refractivity contribution is -0.384. The van der Waals surface area contributed by atoms with Crippen LogP contribution in [0.15, 0.2) is 18.2 Å². The lowest BCUT2D eigenvalue weighted by Gasteiger charge is -2.30. The van der Waals surface area contributed by atoms with E-state index in [4.69, 9.17) is 11.6 Å². The van der Waals surface area contributed by atoms with E-state index in [0.29, 0.717) is 19.4 Å². The highest BCUT2D eigenvalue weighted by Crippen LogP contribution is 2.25. The van der Waals surface area contributed by atoms with E-state index in [1.54, 1.807) is 11.9 Å². The van der Waals surface area contributed by atoms with Gasteiger partial charge in [0.25, 0.3) is 11.6 Å². The van der Waals surface area contributed by atoms with E-state index in [-0.39, 0.29) is 34.1 Å². The van der Waals surface area contributed by atoms with Crippen LogP contribution in [0.3, 0.4) is 0 Å². The van der Waals surface area contributed by atoms with E-state index in [9.17, 15) is 19.7 Å². The highest BCUT2D eigenvalue weighted by Gasteiger charge is 2.25. The van der Waals surface area contributed by atoms with Crippen molar-refractivity contribution in [1.82, 2.24) is 10.2 Å². The third-order valence-electron chi connectivity index (χ3n) is 3.37. The second-order valence-corrected chi connectivity index (χ2v) is 5.31. The zero-order valence-corrected chi connectivity index (χ0v) is 12.1. The van der Waals surface area contributed by atoms with Crippen molar-refractivity contribution in [3.63, 3.8) is 0 Å². The maximum Gasteiger partial charge on any atom is 0.287 e. The number of amides is 2. The molecular formula is C13H14ClN3O4. The first kappa shape index (κ1) is 15.2. The molecule has 1 heterocycles. The summed E-state index contributed by atoms with van der Waals surface area (Å²) >= 11 is 5.78. The number of rotatable bonds is 3. The Kier molecular flexibility index (Phi) is 4.42. The van der Waals surface area contributed by atoms with Crippen molar-refractivity contribution in [2.75, 3.05) is 13.6 Å². The number of nitro groups is 1. The number of benzene rings is 1. The second kappa shape index (κ2) is 6.09. The number of hydrogen-bond donors (Lipinski definition) is 1. The fraction of sp³-hybridized carbons (Fsp3) is 0.385. The Hall–Kier alpha value is -2.15. The summed E-state index contributed by atoms with van der Waals surface area (Å²) in [5.74, 6) is -0.307. The molecule has 0 radical (unpaired) electrons. The largest absolute Gasteiger partial charge is 0.348 e. The van der Waals surface area contributed by atoms with Gasteiger partial charge in [-0.25, -0.2) is 0 Å². The molecule has 1 aromatic rings. The summed E-state index contributed by atoms with van der Waals surface area (Å²) in [4.78, 5) is 35.1. The molecule has 0 saturated carbocycles. The van der Waals surface area contributed by atoms with Gasteiger partial charge in [0.1, 0.15) is 5.02 Å². The highest BCUT2D eigenvalue weighted by atomic mass is 35.5. The van der Waals surface area contributed by atoms with Crippen molar-refractivity contribution in [1.29, 1.82) is 0 Å². The summed E-state index contributed by atoms with van der Waals surface area (Å²) in [6, 6.07) is 3.70. The fourth-order valence-corrected chi connectivity index (χ4v) is 2.44. The van der Waals surface area contributed by atoms with Crippen LogP contribution in [0.2, 0.25) is 5.02 Å². The van der Waals surface area contributed by atoms with E-state index in [1.807, 2.05) is 0 Å². The number of likely N-dealkylation sites (N-methyl/N-ethyl adjacent to an activating group) is 1. The molecule has 1 aromatic carbocycles. The summed E-state index contributed by atoms with van der Waals surface area (Å²) in [5, 5.41) is 13.4. The van der Waals surface area contributed by atoms with Crippen molar-refractivity contribution < 1.29 is 14.5 Å². The predicted molar refractivity (Wildman–Crippen MR) is 76.2 cm³/mol. The van der Waals surface area contributed by atoms with Crippen LogP contribution in [0.1, 0.15) is 23.2 Å². The Morgan fingerprint density at radius 1 is 1.52 bits per heavy atom. The van der Waals surface area contributed by atoms with Gasteiger partial charge in [0, 0.05) is 37.7 Å². The van der Waals surface area contributed by atoms with Crippen LogP contribution in [-0.2, 0) is 4.79 Å². The molecule has 0 aromatic heterocycles. The molecule has 1 N–H and O–H groups in total. The molecule has 1 unspecified atom stereocenters. The van der Waals surface area contributed by atoms with Crippen LogP contribution in [0, 0.1) is 10.1 Å². The Morgan fingerprint density at radius 2 is 2.24 bits per heavy atom. The van der Waals surface area contributed by atoms with Crippen LogP contribution in [0.25, 0.3) is 0 Å². The third-order valence-corrected chi connectivity index (χ3v) is 3.67. The van der Waals surface area contributed by atoms with Gasteiger partial charge < -0.3 is 10.2 Å². The first-order valence-electron chi connectivity index (χ1n) is 6.37. The molecule has 1 aliphatic rings. The first-order chi connectivity index (χ1) is 9.88. The maximum absolute atomic E-state index is 12.1. The van der Waals surface area contributed by atoms with Gasteiger partial charge in [-0.05, 0) is 18.6 Å². The van der Waals surface area contributed by atoms with Crippen LogP contribution in [0.5, 0.6) is 0 Å². The topological polar surface area (TPSA) is 92.6 Å². The van der Waals surface area contributed by atoms with Crippen LogP contribution in [0.4, 0.5) is 5.69 Å². The average Bonchev–Trinajstić information content (AvgIpc) is 2.42. The fourth-order valence-electron chi connectivity index (χ4n) is 2.19. The molecule has 1 saturated heterocycles. The zero-order valence-electron chi connectivity index (χ0n) is 11.3. The number of carbonyl (C=O) groups is 2. The molecule has 2 amide bonds. The molecule has 2 rings (SSSR count). The first-order valence-corrected chi connectivity index (χ1v) is 6.75. The minimum atomic E-state index is -0.605. The summed E-state index contributed by atoms with van der Waals surface area (Å²) in [5.41, 5.74) is 0.0152. The quantitative estimate of drug-likeness (QED) is 0.678. The second-order valence-electron chi connectivity index (χ2n) is 4.91. The zero-order chi connectivity index (χ0) is 15.6. The number of nitrogens with one attached hydrogen (secondary N) is 1. The monoisotopic (exact) mass is 311 g/mol. The van der Waals surface area contributed by atoms with Crippen LogP contribution < -0.4 is 5.32 Å². The highest BCUT2D eigenvalue weighted by molar-refractivity contribution is 6.33. The number of likely N-dealkylation sites (tertiary alicyclic amines) is 1. The van der Waals surface area contributed by atoms with Crippen molar-refractivity contribution >= 4 is 29.1 Å². The van der Waals surface area contributed by atoms with Gasteiger partial charge in [-0.3, -0.25) is 19.7 Å². The molecule has 112 valence electrons. The summed E-state index contributed by atoms with van der Waals surface area (Å²) in [6.07, 6.45) is 0.970. The Labute approximate surface area is 126 Å². The molecule has 1 atom stereocenters. The Bertz CT molecular complexity index is 605. The molecule has 0 aliphatic carbocycles. The van der Waals surface area contributed by atoms with E-state index in [0.717, 1.165) is 0 Å². The molecule has 1 fully saturated rings. The van der Waals surface area contributed by atoms with Crippen molar-refractivity contribution in [2.45, 2.75) is 18.9 Å². The smallest absolute Gasteiger partial charge is 0.287 e. The average molecular weight is 312 g/mol. The molecule has 21 heavy (non-hydrogen) atoms. The lowest BCUT2D eigenvalue weighted by atomic mass is 10.0. The standard InChI is InChI=1S/C13H14ClN3O4/c1-16-7-9(3-5-12(16)18)15-13(19)8-2-4-11(17(20)21)10(14)6-8/h2,4,6,9H,3,5,7H2,1H3,(H,15,19). The molecular weight excluding hydrogens is 298 g/mol. The number of nitrogens with zero attached hydrogens (tertiary/aromatic N) is 2. The van der Waals surface area contributed by atoms with Gasteiger partial charge in [-0.15, -0.1) is 0 Å².